The molecule has 0 atom stereocenters. The van der Waals surface area contributed by atoms with Gasteiger partial charge < -0.3 is 0 Å². The highest BCUT2D eigenvalue weighted by atomic mass is 15.2. The second-order valence-corrected chi connectivity index (χ2v) is 2.48. The summed E-state index contributed by atoms with van der Waals surface area (Å²) >= 11 is 0. The highest BCUT2D eigenvalue weighted by Crippen LogP contribution is 2.09. The lowest BCUT2D eigenvalue weighted by Gasteiger charge is -1.93. The van der Waals surface area contributed by atoms with Crippen molar-refractivity contribution in [1.29, 1.82) is 0 Å². The number of rotatable bonds is 5. The molecule has 0 bridgehead atoms. The molecule has 0 unspecified atom stereocenters. The van der Waals surface area contributed by atoms with E-state index in [1.807, 2.05) is 30.3 Å². The average Bonchev–Trinajstić information content (AvgIpc) is 2.19. The summed E-state index contributed by atoms with van der Waals surface area (Å²) in [6, 6.07) is 9.65. The van der Waals surface area contributed by atoms with Crippen LogP contribution in [0.1, 0.15) is 0 Å². The van der Waals surface area contributed by atoms with Crippen LogP contribution in [0, 0.1) is 0 Å². The molecule has 3 nitrogen and oxygen atoms in total. The van der Waals surface area contributed by atoms with Gasteiger partial charge >= 0.3 is 0 Å². The highest BCUT2D eigenvalue weighted by Gasteiger charge is 1.83. The van der Waals surface area contributed by atoms with Crippen molar-refractivity contribution < 1.29 is 0 Å². The SMILES string of the molecule is C=CCNCN=Nc1ccccc1. The molecule has 0 aromatic heterocycles. The Bertz CT molecular complexity index is 267. The van der Waals surface area contributed by atoms with Gasteiger partial charge in [0, 0.05) is 6.54 Å². The van der Waals surface area contributed by atoms with E-state index in [0.717, 1.165) is 12.2 Å². The van der Waals surface area contributed by atoms with Crippen LogP contribution in [0.5, 0.6) is 0 Å². The van der Waals surface area contributed by atoms with Gasteiger partial charge in [-0.2, -0.15) is 10.2 Å². The maximum atomic E-state index is 4.01. The smallest absolute Gasteiger partial charge is 0.110 e. The Labute approximate surface area is 78.2 Å². The van der Waals surface area contributed by atoms with E-state index >= 15 is 0 Å². The van der Waals surface area contributed by atoms with E-state index in [4.69, 9.17) is 0 Å². The van der Waals surface area contributed by atoms with Crippen molar-refractivity contribution >= 4 is 5.69 Å². The Kier molecular flexibility index (Phi) is 4.49. The second kappa shape index (κ2) is 6.08. The molecule has 68 valence electrons. The van der Waals surface area contributed by atoms with Crippen molar-refractivity contribution in [2.45, 2.75) is 0 Å². The Morgan fingerprint density at radius 2 is 2.08 bits per heavy atom. The normalized spacial score (nSPS) is 10.5. The van der Waals surface area contributed by atoms with Crippen molar-refractivity contribution in [2.75, 3.05) is 13.2 Å². The van der Waals surface area contributed by atoms with Crippen LogP contribution in [0.25, 0.3) is 0 Å². The first-order chi connectivity index (χ1) is 6.43. The molecule has 1 aromatic carbocycles. The van der Waals surface area contributed by atoms with E-state index in [0.29, 0.717) is 6.67 Å². The second-order valence-electron chi connectivity index (χ2n) is 2.48. The van der Waals surface area contributed by atoms with E-state index in [9.17, 15) is 0 Å². The summed E-state index contributed by atoms with van der Waals surface area (Å²) in [5.74, 6) is 0. The minimum absolute atomic E-state index is 0.529. The fourth-order valence-electron chi connectivity index (χ4n) is 0.828. The molecule has 1 aromatic rings. The Balaban J connectivity index is 2.28. The van der Waals surface area contributed by atoms with Crippen molar-refractivity contribution in [1.82, 2.24) is 5.32 Å². The van der Waals surface area contributed by atoms with Gasteiger partial charge in [0.15, 0.2) is 0 Å². The molecule has 0 saturated carbocycles. The van der Waals surface area contributed by atoms with Crippen LogP contribution < -0.4 is 5.32 Å². The van der Waals surface area contributed by atoms with Gasteiger partial charge in [-0.05, 0) is 12.1 Å². The van der Waals surface area contributed by atoms with Gasteiger partial charge in [-0.15, -0.1) is 6.58 Å². The summed E-state index contributed by atoms with van der Waals surface area (Å²) in [6.45, 7) is 4.87. The summed E-state index contributed by atoms with van der Waals surface area (Å²) in [4.78, 5) is 0. The van der Waals surface area contributed by atoms with Crippen LogP contribution in [0.2, 0.25) is 0 Å². The molecule has 13 heavy (non-hydrogen) atoms. The number of benzene rings is 1. The van der Waals surface area contributed by atoms with E-state index in [2.05, 4.69) is 22.1 Å². The molecule has 0 aliphatic heterocycles. The van der Waals surface area contributed by atoms with Crippen LogP contribution >= 0.6 is 0 Å². The van der Waals surface area contributed by atoms with Gasteiger partial charge in [0.1, 0.15) is 6.67 Å². The van der Waals surface area contributed by atoms with Gasteiger partial charge in [0.25, 0.3) is 0 Å². The summed E-state index contributed by atoms with van der Waals surface area (Å²) in [5, 5.41) is 11.0. The molecule has 1 N–H and O–H groups in total. The molecule has 0 saturated heterocycles. The zero-order valence-corrected chi connectivity index (χ0v) is 7.48. The summed E-state index contributed by atoms with van der Waals surface area (Å²) in [7, 11) is 0. The number of azo groups is 1. The third-order valence-corrected chi connectivity index (χ3v) is 1.41. The quantitative estimate of drug-likeness (QED) is 0.416. The Hall–Kier alpha value is -1.48. The van der Waals surface area contributed by atoms with Gasteiger partial charge in [-0.25, -0.2) is 0 Å². The first-order valence-corrected chi connectivity index (χ1v) is 4.17. The molecule has 0 radical (unpaired) electrons. The fraction of sp³-hybridized carbons (Fsp3) is 0.200. The predicted molar refractivity (Wildman–Crippen MR) is 54.0 cm³/mol. The molecule has 0 amide bonds. The minimum Gasteiger partial charge on any atom is -0.293 e. The standard InChI is InChI=1S/C10H13N3/c1-2-8-11-9-12-13-10-6-4-3-5-7-10/h2-7,11H,1,8-9H2. The molecule has 0 aliphatic rings. The highest BCUT2D eigenvalue weighted by molar-refractivity contribution is 5.34. The molecule has 0 spiro atoms. The van der Waals surface area contributed by atoms with Gasteiger partial charge in [-0.1, -0.05) is 24.3 Å². The first-order valence-electron chi connectivity index (χ1n) is 4.17. The molecule has 0 fully saturated rings. The van der Waals surface area contributed by atoms with Crippen LogP contribution in [-0.4, -0.2) is 13.2 Å². The summed E-state index contributed by atoms with van der Waals surface area (Å²) in [6.07, 6.45) is 1.79. The lowest BCUT2D eigenvalue weighted by Crippen LogP contribution is -2.12. The van der Waals surface area contributed by atoms with E-state index < -0.39 is 0 Å². The van der Waals surface area contributed by atoms with Gasteiger partial charge in [0.05, 0.1) is 5.69 Å². The summed E-state index contributed by atoms with van der Waals surface area (Å²) < 4.78 is 0. The number of nitrogens with zero attached hydrogens (tertiary/aromatic N) is 2. The number of hydrogen-bond acceptors (Lipinski definition) is 3. The third-order valence-electron chi connectivity index (χ3n) is 1.41. The number of nitrogens with one attached hydrogen (secondary N) is 1. The Morgan fingerprint density at radius 1 is 1.31 bits per heavy atom. The molecule has 1 rings (SSSR count). The third kappa shape index (κ3) is 4.18. The Morgan fingerprint density at radius 3 is 2.77 bits per heavy atom. The van der Waals surface area contributed by atoms with Crippen molar-refractivity contribution in [3.8, 4) is 0 Å². The molecule has 3 heteroatoms. The monoisotopic (exact) mass is 175 g/mol. The average molecular weight is 175 g/mol. The minimum atomic E-state index is 0.529. The van der Waals surface area contributed by atoms with Crippen LogP contribution in [0.3, 0.4) is 0 Å². The molecule has 0 heterocycles. The lowest BCUT2D eigenvalue weighted by atomic mass is 10.3. The van der Waals surface area contributed by atoms with Gasteiger partial charge in [-0.3, -0.25) is 5.32 Å². The summed E-state index contributed by atoms with van der Waals surface area (Å²) in [5.41, 5.74) is 0.878. The van der Waals surface area contributed by atoms with Crippen molar-refractivity contribution in [3.05, 3.63) is 43.0 Å². The van der Waals surface area contributed by atoms with Crippen LogP contribution in [0.4, 0.5) is 5.69 Å². The van der Waals surface area contributed by atoms with Gasteiger partial charge in [0.2, 0.25) is 0 Å². The fourth-order valence-corrected chi connectivity index (χ4v) is 0.828. The maximum Gasteiger partial charge on any atom is 0.110 e. The molecular weight excluding hydrogens is 162 g/mol. The number of hydrogen-bond donors (Lipinski definition) is 1. The maximum absolute atomic E-state index is 4.01. The van der Waals surface area contributed by atoms with E-state index in [1.165, 1.54) is 0 Å². The zero-order chi connectivity index (χ0) is 9.36. The predicted octanol–water partition coefficient (Wildman–Crippen LogP) is 2.50. The lowest BCUT2D eigenvalue weighted by molar-refractivity contribution is 0.748. The molecular formula is C10H13N3. The topological polar surface area (TPSA) is 36.8 Å². The van der Waals surface area contributed by atoms with E-state index in [-0.39, 0.29) is 0 Å². The largest absolute Gasteiger partial charge is 0.293 e. The van der Waals surface area contributed by atoms with Crippen molar-refractivity contribution in [3.63, 3.8) is 0 Å². The van der Waals surface area contributed by atoms with Crippen LogP contribution in [0.15, 0.2) is 53.2 Å². The van der Waals surface area contributed by atoms with Crippen molar-refractivity contribution in [2.24, 2.45) is 10.2 Å². The van der Waals surface area contributed by atoms with E-state index in [1.54, 1.807) is 6.08 Å². The molecule has 0 aliphatic carbocycles. The van der Waals surface area contributed by atoms with Crippen LogP contribution in [-0.2, 0) is 0 Å². The zero-order valence-electron chi connectivity index (χ0n) is 7.48. The first kappa shape index (κ1) is 9.61.